The van der Waals surface area contributed by atoms with E-state index in [1.165, 1.54) is 11.8 Å². The Labute approximate surface area is 203 Å². The molecule has 0 fully saturated rings. The summed E-state index contributed by atoms with van der Waals surface area (Å²) >= 11 is 5.49. The van der Waals surface area contributed by atoms with E-state index in [2.05, 4.69) is 28.6 Å². The Bertz CT molecular complexity index is 669. The molecule has 0 aromatic heterocycles. The lowest BCUT2D eigenvalue weighted by Gasteiger charge is -2.24. The SMILES string of the molecule is CSCCC(NC(=O)C(CCC(N)=O)NC(=O)C(CS)NC(=O)C(N)CCCCN)C(=O)O. The van der Waals surface area contributed by atoms with Crippen molar-refractivity contribution in [3.8, 4) is 0 Å². The zero-order valence-corrected chi connectivity index (χ0v) is 20.5. The number of carboxylic acids is 1. The first kappa shape index (κ1) is 31.0. The number of amides is 4. The molecule has 0 aromatic rings. The average Bonchev–Trinajstić information content (AvgIpc) is 2.76. The van der Waals surface area contributed by atoms with Crippen molar-refractivity contribution in [1.82, 2.24) is 16.0 Å². The van der Waals surface area contributed by atoms with Crippen LogP contribution in [-0.4, -0.2) is 83.2 Å². The molecule has 0 aliphatic heterocycles. The van der Waals surface area contributed by atoms with E-state index in [1.807, 2.05) is 0 Å². The summed E-state index contributed by atoms with van der Waals surface area (Å²) < 4.78 is 0. The number of nitrogens with two attached hydrogens (primary N) is 3. The Kier molecular flexibility index (Phi) is 16.4. The maximum Gasteiger partial charge on any atom is 0.326 e. The smallest absolute Gasteiger partial charge is 0.326 e. The van der Waals surface area contributed by atoms with E-state index < -0.39 is 53.8 Å². The summed E-state index contributed by atoms with van der Waals surface area (Å²) in [6, 6.07) is -4.34. The molecule has 0 saturated heterocycles. The Morgan fingerprint density at radius 1 is 0.909 bits per heavy atom. The number of hydrogen-bond acceptors (Lipinski definition) is 9. The number of primary amides is 1. The summed E-state index contributed by atoms with van der Waals surface area (Å²) in [5.41, 5.74) is 16.4. The van der Waals surface area contributed by atoms with Gasteiger partial charge in [0.15, 0.2) is 0 Å². The van der Waals surface area contributed by atoms with Crippen molar-refractivity contribution in [3.05, 3.63) is 0 Å². The van der Waals surface area contributed by atoms with Crippen LogP contribution in [0.5, 0.6) is 0 Å². The quantitative estimate of drug-likeness (QED) is 0.0751. The maximum atomic E-state index is 12.7. The molecule has 14 heteroatoms. The number of carbonyl (C=O) groups excluding carboxylic acids is 4. The molecule has 33 heavy (non-hydrogen) atoms. The summed E-state index contributed by atoms with van der Waals surface area (Å²) in [7, 11) is 0. The Morgan fingerprint density at radius 3 is 2.00 bits per heavy atom. The van der Waals surface area contributed by atoms with E-state index in [0.29, 0.717) is 31.6 Å². The lowest BCUT2D eigenvalue weighted by atomic mass is 10.1. The van der Waals surface area contributed by atoms with Crippen molar-refractivity contribution < 1.29 is 29.1 Å². The lowest BCUT2D eigenvalue weighted by Crippen LogP contribution is -2.57. The summed E-state index contributed by atoms with van der Waals surface area (Å²) in [5.74, 6) is -3.56. The topological polar surface area (TPSA) is 220 Å². The average molecular weight is 509 g/mol. The van der Waals surface area contributed by atoms with Crippen LogP contribution in [0.4, 0.5) is 0 Å². The van der Waals surface area contributed by atoms with Gasteiger partial charge in [0.05, 0.1) is 6.04 Å². The number of carbonyl (C=O) groups is 5. The zero-order valence-electron chi connectivity index (χ0n) is 18.7. The van der Waals surface area contributed by atoms with Gasteiger partial charge in [-0.1, -0.05) is 6.42 Å². The number of nitrogens with one attached hydrogen (secondary N) is 3. The van der Waals surface area contributed by atoms with Crippen LogP contribution < -0.4 is 33.2 Å². The molecule has 0 aromatic carbocycles. The number of aliphatic carboxylic acids is 1. The fraction of sp³-hybridized carbons (Fsp3) is 0.737. The first-order valence-electron chi connectivity index (χ1n) is 10.5. The summed E-state index contributed by atoms with van der Waals surface area (Å²) in [4.78, 5) is 60.3. The molecule has 0 bridgehead atoms. The predicted molar refractivity (Wildman–Crippen MR) is 130 cm³/mol. The minimum Gasteiger partial charge on any atom is -0.480 e. The maximum absolute atomic E-state index is 12.7. The van der Waals surface area contributed by atoms with Crippen LogP contribution in [0.15, 0.2) is 0 Å². The molecule has 0 spiro atoms. The van der Waals surface area contributed by atoms with E-state index in [9.17, 15) is 29.1 Å². The number of thiol groups is 1. The van der Waals surface area contributed by atoms with Gasteiger partial charge in [-0.05, 0) is 44.2 Å². The second kappa shape index (κ2) is 17.4. The lowest BCUT2D eigenvalue weighted by molar-refractivity contribution is -0.142. The highest BCUT2D eigenvalue weighted by molar-refractivity contribution is 7.98. The molecular weight excluding hydrogens is 472 g/mol. The fourth-order valence-corrected chi connectivity index (χ4v) is 3.43. The highest BCUT2D eigenvalue weighted by atomic mass is 32.2. The predicted octanol–water partition coefficient (Wildman–Crippen LogP) is -2.07. The molecule has 0 aliphatic carbocycles. The Hall–Kier alpha value is -2.03. The third-order valence-corrected chi connectivity index (χ3v) is 5.67. The van der Waals surface area contributed by atoms with Gasteiger partial charge in [-0.15, -0.1) is 0 Å². The van der Waals surface area contributed by atoms with Crippen molar-refractivity contribution >= 4 is 54.0 Å². The van der Waals surface area contributed by atoms with E-state index in [1.54, 1.807) is 6.26 Å². The highest BCUT2D eigenvalue weighted by Crippen LogP contribution is 2.05. The minimum absolute atomic E-state index is 0.0806. The van der Waals surface area contributed by atoms with Crippen LogP contribution in [0.3, 0.4) is 0 Å². The largest absolute Gasteiger partial charge is 0.480 e. The second-order valence-electron chi connectivity index (χ2n) is 7.38. The molecule has 0 saturated carbocycles. The van der Waals surface area contributed by atoms with Gasteiger partial charge >= 0.3 is 5.97 Å². The number of unbranched alkanes of at least 4 members (excludes halogenated alkanes) is 1. The highest BCUT2D eigenvalue weighted by Gasteiger charge is 2.29. The molecule has 0 rings (SSSR count). The molecule has 4 unspecified atom stereocenters. The zero-order chi connectivity index (χ0) is 25.4. The molecule has 10 N–H and O–H groups in total. The summed E-state index contributed by atoms with van der Waals surface area (Å²) in [6.07, 6.45) is 3.36. The number of hydrogen-bond donors (Lipinski definition) is 8. The van der Waals surface area contributed by atoms with Crippen LogP contribution in [-0.2, 0) is 24.0 Å². The number of rotatable bonds is 18. The van der Waals surface area contributed by atoms with Crippen molar-refractivity contribution in [2.45, 2.75) is 62.7 Å². The molecule has 4 amide bonds. The molecule has 0 heterocycles. The fourth-order valence-electron chi connectivity index (χ4n) is 2.71. The first-order chi connectivity index (χ1) is 15.6. The van der Waals surface area contributed by atoms with Crippen LogP contribution in [0.2, 0.25) is 0 Å². The van der Waals surface area contributed by atoms with Crippen molar-refractivity contribution in [1.29, 1.82) is 0 Å². The van der Waals surface area contributed by atoms with Gasteiger partial charge in [-0.2, -0.15) is 24.4 Å². The Balaban J connectivity index is 5.21. The van der Waals surface area contributed by atoms with Crippen LogP contribution in [0, 0.1) is 0 Å². The van der Waals surface area contributed by atoms with Crippen molar-refractivity contribution in [3.63, 3.8) is 0 Å². The normalized spacial score (nSPS) is 14.4. The van der Waals surface area contributed by atoms with E-state index in [-0.39, 0.29) is 25.0 Å². The number of thioether (sulfide) groups is 1. The monoisotopic (exact) mass is 508 g/mol. The molecule has 4 atom stereocenters. The van der Waals surface area contributed by atoms with E-state index >= 15 is 0 Å². The molecule has 190 valence electrons. The van der Waals surface area contributed by atoms with Crippen molar-refractivity contribution in [2.24, 2.45) is 17.2 Å². The van der Waals surface area contributed by atoms with E-state index in [4.69, 9.17) is 17.2 Å². The molecule has 0 radical (unpaired) electrons. The van der Waals surface area contributed by atoms with Crippen LogP contribution in [0.1, 0.15) is 38.5 Å². The third kappa shape index (κ3) is 13.3. The van der Waals surface area contributed by atoms with Gasteiger partial charge < -0.3 is 38.3 Å². The minimum atomic E-state index is -1.24. The molecular formula is C19H36N6O6S2. The number of carboxylic acid groups (broad SMARTS) is 1. The van der Waals surface area contributed by atoms with Gasteiger partial charge in [0.25, 0.3) is 0 Å². The molecule has 0 aliphatic rings. The van der Waals surface area contributed by atoms with E-state index in [0.717, 1.165) is 0 Å². The standard InChI is InChI=1S/C19H36N6O6S2/c1-33-9-7-13(19(30)31)24-17(28)12(5-6-15(22)26)23-18(29)14(10-32)25-16(27)11(21)4-2-3-8-20/h11-14,32H,2-10,20-21H2,1H3,(H2,22,26)(H,23,29)(H,24,28)(H,25,27)(H,30,31). The van der Waals surface area contributed by atoms with Gasteiger partial charge in [0.2, 0.25) is 23.6 Å². The van der Waals surface area contributed by atoms with Gasteiger partial charge in [-0.25, -0.2) is 4.79 Å². The van der Waals surface area contributed by atoms with Crippen LogP contribution in [0.25, 0.3) is 0 Å². The first-order valence-corrected chi connectivity index (χ1v) is 12.6. The van der Waals surface area contributed by atoms with Crippen LogP contribution >= 0.6 is 24.4 Å². The summed E-state index contributed by atoms with van der Waals surface area (Å²) in [5, 5.41) is 16.6. The van der Waals surface area contributed by atoms with Gasteiger partial charge in [0, 0.05) is 12.2 Å². The van der Waals surface area contributed by atoms with Gasteiger partial charge in [0.1, 0.15) is 18.1 Å². The molecule has 12 nitrogen and oxygen atoms in total. The van der Waals surface area contributed by atoms with Gasteiger partial charge in [-0.3, -0.25) is 19.2 Å². The summed E-state index contributed by atoms with van der Waals surface area (Å²) in [6.45, 7) is 0.477. The third-order valence-electron chi connectivity index (χ3n) is 4.66. The Morgan fingerprint density at radius 2 is 1.48 bits per heavy atom. The van der Waals surface area contributed by atoms with Crippen molar-refractivity contribution in [2.75, 3.05) is 24.3 Å². The second-order valence-corrected chi connectivity index (χ2v) is 8.73.